The number of rotatable bonds is 13. The van der Waals surface area contributed by atoms with Gasteiger partial charge in [0.15, 0.2) is 11.2 Å². The molecule has 0 bridgehead atoms. The summed E-state index contributed by atoms with van der Waals surface area (Å²) in [4.78, 5) is 53.1. The summed E-state index contributed by atoms with van der Waals surface area (Å²) in [5.41, 5.74) is 1.11. The second-order valence-electron chi connectivity index (χ2n) is 10.5. The number of amides is 2. The zero-order valence-corrected chi connectivity index (χ0v) is 24.2. The number of nitrogens with one attached hydrogen (secondary N) is 2. The Morgan fingerprint density at radius 1 is 1.07 bits per heavy atom. The third-order valence-corrected chi connectivity index (χ3v) is 7.53. The number of carbonyl (C=O) groups excluding carboxylic acids is 3. The largest absolute Gasteiger partial charge is 0.497 e. The van der Waals surface area contributed by atoms with Crippen molar-refractivity contribution >= 4 is 28.8 Å². The van der Waals surface area contributed by atoms with E-state index in [2.05, 4.69) is 39.8 Å². The fourth-order valence-electron chi connectivity index (χ4n) is 5.15. The molecule has 0 unspecified atom stereocenters. The fraction of sp³-hybridized carbons (Fsp3) is 0.438. The molecular formula is C32H39N3O7. The van der Waals surface area contributed by atoms with E-state index in [0.717, 1.165) is 45.0 Å². The molecule has 1 fully saturated rings. The number of hydrogen-bond donors (Lipinski definition) is 2. The van der Waals surface area contributed by atoms with E-state index in [4.69, 9.17) is 13.9 Å². The van der Waals surface area contributed by atoms with Gasteiger partial charge in [0.2, 0.25) is 5.91 Å². The molecule has 0 radical (unpaired) electrons. The first-order chi connectivity index (χ1) is 20.4. The van der Waals surface area contributed by atoms with Crippen LogP contribution in [0.5, 0.6) is 5.75 Å². The number of fused-ring (bicyclic) bond motifs is 1. The van der Waals surface area contributed by atoms with Gasteiger partial charge in [-0.3, -0.25) is 19.3 Å². The highest BCUT2D eigenvalue weighted by Crippen LogP contribution is 2.22. The average molecular weight is 578 g/mol. The number of carbonyl (C=O) groups is 3. The molecule has 42 heavy (non-hydrogen) atoms. The minimum atomic E-state index is -1.07. The molecular weight excluding hydrogens is 538 g/mol. The van der Waals surface area contributed by atoms with Crippen molar-refractivity contribution in [3.05, 3.63) is 76.1 Å². The van der Waals surface area contributed by atoms with Crippen LogP contribution < -0.4 is 20.8 Å². The minimum Gasteiger partial charge on any atom is -0.497 e. The van der Waals surface area contributed by atoms with Gasteiger partial charge in [-0.05, 0) is 75.4 Å². The Morgan fingerprint density at radius 3 is 2.55 bits per heavy atom. The Morgan fingerprint density at radius 2 is 1.83 bits per heavy atom. The quantitative estimate of drug-likeness (QED) is 0.295. The molecule has 1 aliphatic heterocycles. The maximum Gasteiger partial charge on any atom is 0.328 e. The molecule has 0 aliphatic carbocycles. The monoisotopic (exact) mass is 577 g/mol. The lowest BCUT2D eigenvalue weighted by Gasteiger charge is -2.32. The first kappa shape index (κ1) is 30.8. The van der Waals surface area contributed by atoms with Crippen molar-refractivity contribution < 1.29 is 28.3 Å². The van der Waals surface area contributed by atoms with E-state index >= 15 is 0 Å². The van der Waals surface area contributed by atoms with Crippen molar-refractivity contribution in [3.63, 3.8) is 0 Å². The second-order valence-corrected chi connectivity index (χ2v) is 10.5. The number of piperidine rings is 1. The Labute approximate surface area is 245 Å². The summed E-state index contributed by atoms with van der Waals surface area (Å²) in [5, 5.41) is 5.77. The molecule has 1 atom stereocenters. The third-order valence-electron chi connectivity index (χ3n) is 7.53. The Balaban J connectivity index is 1.24. The molecule has 0 saturated carbocycles. The van der Waals surface area contributed by atoms with Crippen LogP contribution in [0.25, 0.3) is 11.0 Å². The van der Waals surface area contributed by atoms with Crippen molar-refractivity contribution in [2.45, 2.75) is 51.6 Å². The highest BCUT2D eigenvalue weighted by atomic mass is 16.5. The maximum absolute atomic E-state index is 12.9. The number of nitrogens with zero attached hydrogens (tertiary/aromatic N) is 1. The molecule has 10 heteroatoms. The van der Waals surface area contributed by atoms with Gasteiger partial charge in [0, 0.05) is 25.6 Å². The number of esters is 1. The van der Waals surface area contributed by atoms with Gasteiger partial charge in [0.05, 0.1) is 19.1 Å². The lowest BCUT2D eigenvalue weighted by molar-refractivity contribution is -0.145. The molecule has 2 aromatic carbocycles. The predicted molar refractivity (Wildman–Crippen MR) is 158 cm³/mol. The minimum absolute atomic E-state index is 0.0285. The standard InChI is InChI=1S/C32H39N3O7/c1-3-41-32(39)26(34-31(38)29-20-27(36)25-19-24(40-2)9-11-28(25)42-29)10-12-30(37)33-16-13-22-14-17-35(18-15-22)21-23-7-5-4-6-8-23/h4-9,11,19-20,22,26H,3,10,12-18,21H2,1-2H3,(H,33,37)(H,34,38)/t26-/m0/s1. The van der Waals surface area contributed by atoms with Crippen LogP contribution in [-0.2, 0) is 20.9 Å². The summed E-state index contributed by atoms with van der Waals surface area (Å²) in [6.45, 7) is 5.39. The van der Waals surface area contributed by atoms with Crippen LogP contribution in [-0.4, -0.2) is 62.1 Å². The predicted octanol–water partition coefficient (Wildman–Crippen LogP) is 3.66. The molecule has 2 amide bonds. The summed E-state index contributed by atoms with van der Waals surface area (Å²) < 4.78 is 15.9. The van der Waals surface area contributed by atoms with E-state index < -0.39 is 23.3 Å². The number of hydrogen-bond acceptors (Lipinski definition) is 8. The smallest absolute Gasteiger partial charge is 0.328 e. The van der Waals surface area contributed by atoms with Gasteiger partial charge in [-0.2, -0.15) is 0 Å². The second kappa shape index (κ2) is 15.2. The summed E-state index contributed by atoms with van der Waals surface area (Å²) in [6, 6.07) is 15.1. The summed E-state index contributed by atoms with van der Waals surface area (Å²) in [7, 11) is 1.48. The average Bonchev–Trinajstić information content (AvgIpc) is 3.00. The number of likely N-dealkylation sites (tertiary alicyclic amines) is 1. The zero-order valence-electron chi connectivity index (χ0n) is 24.2. The van der Waals surface area contributed by atoms with E-state index in [9.17, 15) is 19.2 Å². The summed E-state index contributed by atoms with van der Waals surface area (Å²) in [6.07, 6.45) is 3.16. The highest BCUT2D eigenvalue weighted by Gasteiger charge is 2.25. The van der Waals surface area contributed by atoms with Crippen LogP contribution in [0.1, 0.15) is 55.1 Å². The van der Waals surface area contributed by atoms with E-state index in [-0.39, 0.29) is 42.1 Å². The molecule has 1 aromatic heterocycles. The maximum atomic E-state index is 12.9. The molecule has 1 aliphatic rings. The van der Waals surface area contributed by atoms with Crippen LogP contribution in [0.15, 0.2) is 63.8 Å². The van der Waals surface area contributed by atoms with Gasteiger partial charge in [0.25, 0.3) is 5.91 Å². The van der Waals surface area contributed by atoms with Gasteiger partial charge >= 0.3 is 5.97 Å². The number of methoxy groups -OCH3 is 1. The van der Waals surface area contributed by atoms with Crippen molar-refractivity contribution in [2.75, 3.05) is 33.4 Å². The molecule has 3 aromatic rings. The molecule has 10 nitrogen and oxygen atoms in total. The zero-order chi connectivity index (χ0) is 29.9. The molecule has 2 N–H and O–H groups in total. The first-order valence-corrected chi connectivity index (χ1v) is 14.5. The normalized spacial score (nSPS) is 14.7. The van der Waals surface area contributed by atoms with Crippen molar-refractivity contribution in [1.29, 1.82) is 0 Å². The van der Waals surface area contributed by atoms with Gasteiger partial charge in [-0.25, -0.2) is 4.79 Å². The van der Waals surface area contributed by atoms with Crippen LogP contribution in [0.2, 0.25) is 0 Å². The molecule has 2 heterocycles. The topological polar surface area (TPSA) is 127 Å². The van der Waals surface area contributed by atoms with E-state index in [1.54, 1.807) is 13.0 Å². The molecule has 1 saturated heterocycles. The van der Waals surface area contributed by atoms with Crippen molar-refractivity contribution in [2.24, 2.45) is 5.92 Å². The number of ether oxygens (including phenoxy) is 2. The van der Waals surface area contributed by atoms with Crippen LogP contribution in [0, 0.1) is 5.92 Å². The molecule has 4 rings (SSSR count). The molecule has 224 valence electrons. The summed E-state index contributed by atoms with van der Waals surface area (Å²) >= 11 is 0. The van der Waals surface area contributed by atoms with Crippen molar-refractivity contribution in [1.82, 2.24) is 15.5 Å². The van der Waals surface area contributed by atoms with E-state index in [1.807, 2.05) is 6.07 Å². The van der Waals surface area contributed by atoms with Gasteiger partial charge in [-0.1, -0.05) is 30.3 Å². The van der Waals surface area contributed by atoms with E-state index in [1.165, 1.54) is 24.8 Å². The van der Waals surface area contributed by atoms with Crippen LogP contribution in [0.3, 0.4) is 0 Å². The van der Waals surface area contributed by atoms with Crippen molar-refractivity contribution in [3.8, 4) is 5.75 Å². The van der Waals surface area contributed by atoms with Gasteiger partial charge in [0.1, 0.15) is 17.4 Å². The van der Waals surface area contributed by atoms with Gasteiger partial charge in [-0.15, -0.1) is 0 Å². The first-order valence-electron chi connectivity index (χ1n) is 14.5. The van der Waals surface area contributed by atoms with Crippen LogP contribution in [0.4, 0.5) is 0 Å². The third kappa shape index (κ3) is 8.66. The Kier molecular flexibility index (Phi) is 11.1. The fourth-order valence-corrected chi connectivity index (χ4v) is 5.15. The SMILES string of the molecule is CCOC(=O)[C@H](CCC(=O)NCCC1CCN(Cc2ccccc2)CC1)NC(=O)c1cc(=O)c2cc(OC)ccc2o1. The highest BCUT2D eigenvalue weighted by molar-refractivity contribution is 5.96. The van der Waals surface area contributed by atoms with Gasteiger partial charge < -0.3 is 24.5 Å². The number of benzene rings is 2. The van der Waals surface area contributed by atoms with E-state index in [0.29, 0.717) is 18.2 Å². The Bertz CT molecular complexity index is 1410. The lowest BCUT2D eigenvalue weighted by Crippen LogP contribution is -2.43. The Hall–Kier alpha value is -4.18. The molecule has 0 spiro atoms. The summed E-state index contributed by atoms with van der Waals surface area (Å²) in [5.74, 6) is -0.813. The van der Waals surface area contributed by atoms with Crippen LogP contribution >= 0.6 is 0 Å². The lowest BCUT2D eigenvalue weighted by atomic mass is 9.93.